The van der Waals surface area contributed by atoms with Crippen molar-refractivity contribution in [1.82, 2.24) is 0 Å². The molecule has 0 fully saturated rings. The van der Waals surface area contributed by atoms with Gasteiger partial charge in [-0.05, 0) is 31.9 Å². The lowest BCUT2D eigenvalue weighted by atomic mass is 10.2. The molecule has 0 amide bonds. The maximum atomic E-state index is 12.8. The summed E-state index contributed by atoms with van der Waals surface area (Å²) in [6.07, 6.45) is 6.62. The predicted octanol–water partition coefficient (Wildman–Crippen LogP) is 5.64. The zero-order valence-corrected chi connectivity index (χ0v) is 17.4. The summed E-state index contributed by atoms with van der Waals surface area (Å²) in [6.45, 7) is 10.6. The van der Waals surface area contributed by atoms with E-state index in [0.29, 0.717) is 15.4 Å². The summed E-state index contributed by atoms with van der Waals surface area (Å²) in [5.74, 6) is 0. The third kappa shape index (κ3) is 6.67. The van der Waals surface area contributed by atoms with Crippen LogP contribution in [-0.2, 0) is 20.7 Å². The molecular weight excluding hydrogens is 338 g/mol. The molecule has 0 bridgehead atoms. The fourth-order valence-corrected chi connectivity index (χ4v) is 7.15. The Bertz CT molecular complexity index is 605. The van der Waals surface area contributed by atoms with Gasteiger partial charge in [-0.3, -0.25) is 0 Å². The molecular formula is C19H33NO2S2. The van der Waals surface area contributed by atoms with Crippen molar-refractivity contribution in [2.24, 2.45) is 3.77 Å². The molecule has 0 aromatic heterocycles. The highest BCUT2D eigenvalue weighted by Gasteiger charge is 2.21. The molecule has 3 nitrogen and oxygen atoms in total. The molecule has 0 N–H and O–H groups in total. The van der Waals surface area contributed by atoms with Gasteiger partial charge < -0.3 is 0 Å². The largest absolute Gasteiger partial charge is 0.287 e. The normalized spacial score (nSPS) is 15.7. The molecule has 0 spiro atoms. The zero-order valence-electron chi connectivity index (χ0n) is 15.8. The number of benzene rings is 1. The minimum absolute atomic E-state index is 0.316. The molecule has 1 rings (SSSR count). The van der Waals surface area contributed by atoms with Gasteiger partial charge in [-0.2, -0.15) is 8.42 Å². The number of aryl methyl sites for hydroxylation is 1. The van der Waals surface area contributed by atoms with Crippen LogP contribution in [0.3, 0.4) is 0 Å². The second kappa shape index (κ2) is 10.3. The van der Waals surface area contributed by atoms with Crippen molar-refractivity contribution in [1.29, 1.82) is 0 Å². The molecule has 0 aliphatic heterocycles. The molecule has 0 saturated heterocycles. The maximum absolute atomic E-state index is 12.8. The SMILES string of the molecule is CCCCC(C)S(=NS(=O)(=O)c1ccc(C)cc1)C(C)CCCC. The van der Waals surface area contributed by atoms with Gasteiger partial charge in [-0.1, -0.05) is 81.8 Å². The summed E-state index contributed by atoms with van der Waals surface area (Å²) >= 11 is 0. The Morgan fingerprint density at radius 2 is 1.42 bits per heavy atom. The number of hydrogen-bond donors (Lipinski definition) is 0. The van der Waals surface area contributed by atoms with E-state index in [1.807, 2.05) is 19.1 Å². The van der Waals surface area contributed by atoms with Crippen LogP contribution in [-0.4, -0.2) is 18.9 Å². The Morgan fingerprint density at radius 1 is 0.958 bits per heavy atom. The third-order valence-corrected chi connectivity index (χ3v) is 8.72. The molecule has 1 aromatic rings. The summed E-state index contributed by atoms with van der Waals surface area (Å²) in [7, 11) is -4.03. The van der Waals surface area contributed by atoms with Gasteiger partial charge in [0.1, 0.15) is 0 Å². The van der Waals surface area contributed by atoms with Crippen LogP contribution in [0, 0.1) is 6.92 Å². The Labute approximate surface area is 151 Å². The number of unbranched alkanes of at least 4 members (excludes halogenated alkanes) is 2. The fraction of sp³-hybridized carbons (Fsp3) is 0.684. The summed E-state index contributed by atoms with van der Waals surface area (Å²) in [5, 5.41) is 0.633. The van der Waals surface area contributed by atoms with E-state index in [4.69, 9.17) is 0 Å². The lowest BCUT2D eigenvalue weighted by Crippen LogP contribution is -2.23. The van der Waals surface area contributed by atoms with E-state index in [1.54, 1.807) is 12.1 Å². The smallest absolute Gasteiger partial charge is 0.199 e. The van der Waals surface area contributed by atoms with Crippen molar-refractivity contribution in [3.63, 3.8) is 0 Å². The maximum Gasteiger partial charge on any atom is 0.287 e. The topological polar surface area (TPSA) is 46.5 Å². The first-order valence-corrected chi connectivity index (χ1v) is 11.8. The summed E-state index contributed by atoms with van der Waals surface area (Å²) in [4.78, 5) is 0.316. The molecule has 0 aliphatic rings. The van der Waals surface area contributed by atoms with Gasteiger partial charge in [0.15, 0.2) is 0 Å². The third-order valence-electron chi connectivity index (χ3n) is 4.26. The Morgan fingerprint density at radius 3 is 1.83 bits per heavy atom. The van der Waals surface area contributed by atoms with Crippen molar-refractivity contribution < 1.29 is 8.42 Å². The monoisotopic (exact) mass is 371 g/mol. The van der Waals surface area contributed by atoms with E-state index in [2.05, 4.69) is 31.5 Å². The van der Waals surface area contributed by atoms with E-state index >= 15 is 0 Å². The Kier molecular flexibility index (Phi) is 9.21. The molecule has 0 radical (unpaired) electrons. The molecule has 5 heteroatoms. The van der Waals surface area contributed by atoms with Crippen LogP contribution in [0.25, 0.3) is 0 Å². The highest BCUT2D eigenvalue weighted by Crippen LogP contribution is 2.22. The van der Waals surface area contributed by atoms with Crippen LogP contribution in [0.2, 0.25) is 0 Å². The van der Waals surface area contributed by atoms with Gasteiger partial charge in [0.25, 0.3) is 10.0 Å². The Hall–Kier alpha value is -0.680. The average Bonchev–Trinajstić information content (AvgIpc) is 2.55. The minimum atomic E-state index is -3.58. The van der Waals surface area contributed by atoms with Crippen LogP contribution < -0.4 is 0 Å². The van der Waals surface area contributed by atoms with Crippen molar-refractivity contribution in [2.45, 2.75) is 88.5 Å². The number of nitrogens with zero attached hydrogens (tertiary/aromatic N) is 1. The Balaban J connectivity index is 3.14. The van der Waals surface area contributed by atoms with E-state index in [-0.39, 0.29) is 0 Å². The van der Waals surface area contributed by atoms with Crippen LogP contribution >= 0.6 is 0 Å². The van der Waals surface area contributed by atoms with E-state index in [0.717, 1.165) is 44.1 Å². The molecule has 138 valence electrons. The highest BCUT2D eigenvalue weighted by atomic mass is 32.3. The molecule has 0 heterocycles. The standard InChI is InChI=1S/C19H33NO2S2/c1-6-8-10-17(4)23(18(5)11-9-7-2)20-24(21,22)19-14-12-16(3)13-15-19/h12-15,17-18H,6-11H2,1-5H3. The quantitative estimate of drug-likeness (QED) is 0.534. The number of hydrogen-bond acceptors (Lipinski definition) is 2. The average molecular weight is 372 g/mol. The lowest BCUT2D eigenvalue weighted by molar-refractivity contribution is 0.598. The zero-order chi connectivity index (χ0) is 18.2. The van der Waals surface area contributed by atoms with Crippen molar-refractivity contribution in [3.05, 3.63) is 29.8 Å². The molecule has 2 atom stereocenters. The summed E-state index contributed by atoms with van der Waals surface area (Å²) in [6, 6.07) is 7.01. The molecule has 24 heavy (non-hydrogen) atoms. The van der Waals surface area contributed by atoms with E-state index < -0.39 is 20.7 Å². The number of sulfonamides is 1. The van der Waals surface area contributed by atoms with Crippen LogP contribution in [0.15, 0.2) is 32.9 Å². The van der Waals surface area contributed by atoms with Crippen molar-refractivity contribution >= 4 is 20.7 Å². The second-order valence-corrected chi connectivity index (χ2v) is 10.9. The number of rotatable bonds is 10. The van der Waals surface area contributed by atoms with Crippen molar-refractivity contribution in [3.8, 4) is 0 Å². The van der Waals surface area contributed by atoms with E-state index in [9.17, 15) is 8.42 Å². The lowest BCUT2D eigenvalue weighted by Gasteiger charge is -2.22. The highest BCUT2D eigenvalue weighted by molar-refractivity contribution is 8.00. The summed E-state index contributed by atoms with van der Waals surface area (Å²) < 4.78 is 29.9. The van der Waals surface area contributed by atoms with Gasteiger partial charge in [0.05, 0.1) is 4.90 Å². The predicted molar refractivity (Wildman–Crippen MR) is 106 cm³/mol. The van der Waals surface area contributed by atoms with Crippen LogP contribution in [0.1, 0.15) is 71.8 Å². The van der Waals surface area contributed by atoms with Crippen LogP contribution in [0.4, 0.5) is 0 Å². The molecule has 0 aliphatic carbocycles. The summed E-state index contributed by atoms with van der Waals surface area (Å²) in [5.41, 5.74) is 1.06. The van der Waals surface area contributed by atoms with Crippen molar-refractivity contribution in [2.75, 3.05) is 0 Å². The molecule has 2 unspecified atom stereocenters. The van der Waals surface area contributed by atoms with Crippen LogP contribution in [0.5, 0.6) is 0 Å². The first-order chi connectivity index (χ1) is 11.3. The van der Waals surface area contributed by atoms with Gasteiger partial charge in [0, 0.05) is 10.5 Å². The van der Waals surface area contributed by atoms with Gasteiger partial charge in [-0.25, -0.2) is 0 Å². The first kappa shape index (κ1) is 21.4. The minimum Gasteiger partial charge on any atom is -0.199 e. The van der Waals surface area contributed by atoms with Gasteiger partial charge in [-0.15, -0.1) is 3.77 Å². The molecule has 0 saturated carbocycles. The van der Waals surface area contributed by atoms with Gasteiger partial charge in [0.2, 0.25) is 0 Å². The fourth-order valence-electron chi connectivity index (χ4n) is 2.63. The van der Waals surface area contributed by atoms with Gasteiger partial charge >= 0.3 is 0 Å². The first-order valence-electron chi connectivity index (χ1n) is 9.08. The molecule has 1 aromatic carbocycles. The second-order valence-electron chi connectivity index (χ2n) is 6.62. The van der Waals surface area contributed by atoms with E-state index in [1.165, 1.54) is 0 Å².